The maximum absolute atomic E-state index is 10.9. The average Bonchev–Trinajstić information content (AvgIpc) is 3.23. The molecule has 7 nitrogen and oxygen atoms in total. The lowest BCUT2D eigenvalue weighted by Crippen LogP contribution is -2.26. The molecule has 0 aliphatic heterocycles. The number of hydrogen-bond acceptors (Lipinski definition) is 6. The highest BCUT2D eigenvalue weighted by atomic mass is 16.6. The number of likely N-dealkylation sites (N-methyl/N-ethyl adjacent to an activating group) is 1. The van der Waals surface area contributed by atoms with Crippen LogP contribution in [0.4, 0.5) is 11.5 Å². The highest BCUT2D eigenvalue weighted by Crippen LogP contribution is 2.25. The number of anilines is 1. The van der Waals surface area contributed by atoms with Gasteiger partial charge in [-0.05, 0) is 26.8 Å². The predicted octanol–water partition coefficient (Wildman–Crippen LogP) is 1.89. The van der Waals surface area contributed by atoms with E-state index in [1.54, 1.807) is 0 Å². The Balaban J connectivity index is 1.95. The van der Waals surface area contributed by atoms with Gasteiger partial charge < -0.3 is 15.0 Å². The summed E-state index contributed by atoms with van der Waals surface area (Å²) in [4.78, 5) is 16.9. The molecule has 0 atom stereocenters. The molecule has 1 aromatic heterocycles. The molecule has 2 rings (SSSR count). The minimum Gasteiger partial charge on any atom is -0.476 e. The van der Waals surface area contributed by atoms with Crippen LogP contribution >= 0.6 is 0 Å². The molecule has 0 radical (unpaired) electrons. The van der Waals surface area contributed by atoms with Crippen molar-refractivity contribution in [3.63, 3.8) is 0 Å². The Kier molecular flexibility index (Phi) is 4.73. The number of pyridine rings is 1. The molecule has 0 bridgehead atoms. The maximum atomic E-state index is 10.9. The zero-order chi connectivity index (χ0) is 14.5. The molecule has 0 saturated heterocycles. The fraction of sp³-hybridized carbons (Fsp3) is 0.615. The summed E-state index contributed by atoms with van der Waals surface area (Å²) in [7, 11) is 2.06. The first-order valence-electron chi connectivity index (χ1n) is 6.83. The van der Waals surface area contributed by atoms with Gasteiger partial charge in [-0.15, -0.1) is 0 Å². The number of hydrogen-bond donors (Lipinski definition) is 1. The summed E-state index contributed by atoms with van der Waals surface area (Å²) >= 11 is 0. The molecule has 1 heterocycles. The lowest BCUT2D eigenvalue weighted by atomic mass is 10.4. The van der Waals surface area contributed by atoms with Gasteiger partial charge in [0.05, 0.1) is 17.1 Å². The first-order chi connectivity index (χ1) is 9.60. The van der Waals surface area contributed by atoms with Gasteiger partial charge in [-0.3, -0.25) is 10.1 Å². The molecular formula is C13H20N4O3. The third-order valence-corrected chi connectivity index (χ3v) is 3.22. The van der Waals surface area contributed by atoms with Crippen molar-refractivity contribution in [2.45, 2.75) is 25.8 Å². The van der Waals surface area contributed by atoms with Crippen molar-refractivity contribution in [3.8, 4) is 5.88 Å². The van der Waals surface area contributed by atoms with Gasteiger partial charge in [0, 0.05) is 19.1 Å². The van der Waals surface area contributed by atoms with E-state index in [1.165, 1.54) is 25.0 Å². The van der Waals surface area contributed by atoms with Crippen LogP contribution in [-0.4, -0.2) is 47.6 Å². The molecule has 1 aliphatic carbocycles. The van der Waals surface area contributed by atoms with Crippen molar-refractivity contribution < 1.29 is 9.66 Å². The number of rotatable bonds is 8. The number of nitrogens with one attached hydrogen (secondary N) is 1. The van der Waals surface area contributed by atoms with Gasteiger partial charge in [0.25, 0.3) is 5.69 Å². The molecule has 0 aromatic carbocycles. The molecule has 0 spiro atoms. The fourth-order valence-corrected chi connectivity index (χ4v) is 1.93. The summed E-state index contributed by atoms with van der Waals surface area (Å²) < 4.78 is 5.54. The minimum atomic E-state index is -0.439. The van der Waals surface area contributed by atoms with Gasteiger partial charge in [-0.25, -0.2) is 0 Å². The van der Waals surface area contributed by atoms with Crippen molar-refractivity contribution in [1.82, 2.24) is 9.88 Å². The first kappa shape index (κ1) is 14.5. The monoisotopic (exact) mass is 280 g/mol. The van der Waals surface area contributed by atoms with Crippen molar-refractivity contribution in [1.29, 1.82) is 0 Å². The van der Waals surface area contributed by atoms with Gasteiger partial charge in [0.15, 0.2) is 0 Å². The van der Waals surface area contributed by atoms with Crippen molar-refractivity contribution in [3.05, 3.63) is 22.2 Å². The number of nitrogens with zero attached hydrogens (tertiary/aromatic N) is 3. The normalized spacial score (nSPS) is 14.3. The Hall–Kier alpha value is -1.89. The summed E-state index contributed by atoms with van der Waals surface area (Å²) in [6.45, 7) is 3.84. The van der Waals surface area contributed by atoms with Gasteiger partial charge in [-0.2, -0.15) is 4.98 Å². The molecule has 1 fully saturated rings. The Morgan fingerprint density at radius 2 is 2.30 bits per heavy atom. The average molecular weight is 280 g/mol. The molecule has 1 N–H and O–H groups in total. The van der Waals surface area contributed by atoms with Crippen LogP contribution in [0.1, 0.15) is 19.8 Å². The van der Waals surface area contributed by atoms with Crippen LogP contribution in [0.3, 0.4) is 0 Å². The molecule has 0 amide bonds. The van der Waals surface area contributed by atoms with Gasteiger partial charge >= 0.3 is 0 Å². The largest absolute Gasteiger partial charge is 0.476 e. The molecular weight excluding hydrogens is 260 g/mol. The Labute approximate surface area is 118 Å². The van der Waals surface area contributed by atoms with Crippen molar-refractivity contribution in [2.24, 2.45) is 0 Å². The third kappa shape index (κ3) is 4.06. The van der Waals surface area contributed by atoms with E-state index >= 15 is 0 Å². The van der Waals surface area contributed by atoms with E-state index in [-0.39, 0.29) is 5.69 Å². The first-order valence-corrected chi connectivity index (χ1v) is 6.83. The molecule has 1 saturated carbocycles. The topological polar surface area (TPSA) is 80.5 Å². The summed E-state index contributed by atoms with van der Waals surface area (Å²) in [6, 6.07) is 3.44. The second kappa shape index (κ2) is 6.51. The summed E-state index contributed by atoms with van der Waals surface area (Å²) in [5.41, 5.74) is -0.0125. The molecule has 0 unspecified atom stereocenters. The molecule has 20 heavy (non-hydrogen) atoms. The van der Waals surface area contributed by atoms with Gasteiger partial charge in [0.1, 0.15) is 12.4 Å². The van der Waals surface area contributed by atoms with Crippen LogP contribution in [0.5, 0.6) is 5.88 Å². The highest BCUT2D eigenvalue weighted by molar-refractivity contribution is 5.48. The SMILES string of the molecule is CCNc1cc([N+](=O)[O-])cc(OCCN(C)C2CC2)n1. The molecule has 1 aromatic rings. The summed E-state index contributed by atoms with van der Waals surface area (Å²) in [5, 5.41) is 13.8. The smallest absolute Gasteiger partial charge is 0.278 e. The highest BCUT2D eigenvalue weighted by Gasteiger charge is 2.25. The molecule has 1 aliphatic rings. The maximum Gasteiger partial charge on any atom is 0.278 e. The number of aromatic nitrogens is 1. The van der Waals surface area contributed by atoms with Crippen LogP contribution in [0, 0.1) is 10.1 Å². The van der Waals surface area contributed by atoms with Crippen LogP contribution in [0.15, 0.2) is 12.1 Å². The lowest BCUT2D eigenvalue weighted by molar-refractivity contribution is -0.384. The van der Waals surface area contributed by atoms with E-state index < -0.39 is 4.92 Å². The van der Waals surface area contributed by atoms with Gasteiger partial charge in [-0.1, -0.05) is 0 Å². The number of ether oxygens (including phenoxy) is 1. The Morgan fingerprint density at radius 3 is 2.90 bits per heavy atom. The van der Waals surface area contributed by atoms with E-state index in [1.807, 2.05) is 6.92 Å². The predicted molar refractivity (Wildman–Crippen MR) is 76.2 cm³/mol. The zero-order valence-electron chi connectivity index (χ0n) is 11.8. The quantitative estimate of drug-likeness (QED) is 0.578. The van der Waals surface area contributed by atoms with Crippen molar-refractivity contribution in [2.75, 3.05) is 32.1 Å². The van der Waals surface area contributed by atoms with Crippen LogP contribution in [0.2, 0.25) is 0 Å². The second-order valence-electron chi connectivity index (χ2n) is 4.90. The fourth-order valence-electron chi connectivity index (χ4n) is 1.93. The molecule has 110 valence electrons. The summed E-state index contributed by atoms with van der Waals surface area (Å²) in [6.07, 6.45) is 2.49. The standard InChI is InChI=1S/C13H20N4O3/c1-3-14-12-8-11(17(18)19)9-13(15-12)20-7-6-16(2)10-4-5-10/h8-10H,3-7H2,1-2H3,(H,14,15). The van der Waals surface area contributed by atoms with E-state index in [9.17, 15) is 10.1 Å². The van der Waals surface area contributed by atoms with E-state index in [0.717, 1.165) is 6.54 Å². The lowest BCUT2D eigenvalue weighted by Gasteiger charge is -2.15. The zero-order valence-corrected chi connectivity index (χ0v) is 11.8. The van der Waals surface area contributed by atoms with Gasteiger partial charge in [0.2, 0.25) is 5.88 Å². The molecule has 7 heteroatoms. The van der Waals surface area contributed by atoms with Crippen LogP contribution < -0.4 is 10.1 Å². The van der Waals surface area contributed by atoms with Crippen molar-refractivity contribution >= 4 is 11.5 Å². The van der Waals surface area contributed by atoms with E-state index in [4.69, 9.17) is 4.74 Å². The van der Waals surface area contributed by atoms with E-state index in [0.29, 0.717) is 30.9 Å². The minimum absolute atomic E-state index is 0.0125. The Bertz CT molecular complexity index is 477. The van der Waals surface area contributed by atoms with Crippen LogP contribution in [0.25, 0.3) is 0 Å². The third-order valence-electron chi connectivity index (χ3n) is 3.22. The van der Waals surface area contributed by atoms with E-state index in [2.05, 4.69) is 22.2 Å². The Morgan fingerprint density at radius 1 is 1.55 bits per heavy atom. The number of nitro groups is 1. The second-order valence-corrected chi connectivity index (χ2v) is 4.90. The van der Waals surface area contributed by atoms with Crippen LogP contribution in [-0.2, 0) is 0 Å². The summed E-state index contributed by atoms with van der Waals surface area (Å²) in [5.74, 6) is 0.756.